The lowest BCUT2D eigenvalue weighted by molar-refractivity contribution is -0.117. The number of carbonyl (C=O) groups is 1. The largest absolute Gasteiger partial charge is 0.379 e. The van der Waals surface area contributed by atoms with Crippen molar-refractivity contribution in [3.63, 3.8) is 0 Å². The maximum atomic E-state index is 10.4. The summed E-state index contributed by atoms with van der Waals surface area (Å²) in [6.07, 6.45) is 1.54. The second-order valence-corrected chi connectivity index (χ2v) is 3.77. The van der Waals surface area contributed by atoms with Gasteiger partial charge in [0.2, 0.25) is 5.91 Å². The second-order valence-electron chi connectivity index (χ2n) is 3.77. The molecule has 1 amide bonds. The molecule has 0 atom stereocenters. The van der Waals surface area contributed by atoms with Crippen LogP contribution in [0, 0.1) is 0 Å². The van der Waals surface area contributed by atoms with E-state index in [4.69, 9.17) is 10.5 Å². The minimum absolute atomic E-state index is 0.240. The summed E-state index contributed by atoms with van der Waals surface area (Å²) >= 11 is 0. The lowest BCUT2D eigenvalue weighted by Crippen LogP contribution is -2.37. The number of amides is 1. The fourth-order valence-corrected chi connectivity index (χ4v) is 1.59. The number of hydrogen-bond donors (Lipinski definition) is 2. The van der Waals surface area contributed by atoms with Crippen molar-refractivity contribution in [2.75, 3.05) is 45.9 Å². The molecule has 0 aliphatic carbocycles. The molecular weight excluding hydrogens is 194 g/mol. The Labute approximate surface area is 90.9 Å². The van der Waals surface area contributed by atoms with Gasteiger partial charge < -0.3 is 15.8 Å². The summed E-state index contributed by atoms with van der Waals surface area (Å²) < 4.78 is 5.26. The summed E-state index contributed by atoms with van der Waals surface area (Å²) in [6.45, 7) is 6.54. The molecule has 1 heterocycles. The average Bonchev–Trinajstić information content (AvgIpc) is 2.24. The van der Waals surface area contributed by atoms with Crippen molar-refractivity contribution < 1.29 is 9.53 Å². The molecule has 0 unspecified atom stereocenters. The summed E-state index contributed by atoms with van der Waals surface area (Å²) in [5, 5.41) is 3.20. The van der Waals surface area contributed by atoms with Crippen LogP contribution in [-0.2, 0) is 9.53 Å². The molecule has 0 bridgehead atoms. The van der Waals surface area contributed by atoms with E-state index >= 15 is 0 Å². The van der Waals surface area contributed by atoms with Gasteiger partial charge in [-0.15, -0.1) is 0 Å². The molecule has 0 aromatic rings. The number of hydrogen-bond acceptors (Lipinski definition) is 4. The Balaban J connectivity index is 1.85. The lowest BCUT2D eigenvalue weighted by Gasteiger charge is -2.26. The molecule has 0 radical (unpaired) electrons. The van der Waals surface area contributed by atoms with Crippen LogP contribution < -0.4 is 11.1 Å². The third-order valence-corrected chi connectivity index (χ3v) is 2.48. The molecular formula is C10H21N3O2. The Morgan fingerprint density at radius 3 is 2.73 bits per heavy atom. The highest BCUT2D eigenvalue weighted by molar-refractivity contribution is 5.73. The molecule has 1 fully saturated rings. The van der Waals surface area contributed by atoms with Gasteiger partial charge in [-0.1, -0.05) is 0 Å². The van der Waals surface area contributed by atoms with E-state index in [2.05, 4.69) is 10.2 Å². The van der Waals surface area contributed by atoms with E-state index in [0.717, 1.165) is 45.8 Å². The first-order chi connectivity index (χ1) is 7.29. The molecule has 3 N–H and O–H groups in total. The van der Waals surface area contributed by atoms with Gasteiger partial charge in [-0.25, -0.2) is 0 Å². The third-order valence-electron chi connectivity index (χ3n) is 2.48. The zero-order valence-electron chi connectivity index (χ0n) is 9.21. The number of rotatable bonds is 7. The molecule has 5 heteroatoms. The Kier molecular flexibility index (Phi) is 6.31. The minimum atomic E-state index is -0.240. The maximum absolute atomic E-state index is 10.4. The monoisotopic (exact) mass is 215 g/mol. The van der Waals surface area contributed by atoms with Crippen LogP contribution in [0.2, 0.25) is 0 Å². The summed E-state index contributed by atoms with van der Waals surface area (Å²) in [5.74, 6) is -0.240. The highest BCUT2D eigenvalue weighted by Gasteiger charge is 2.08. The van der Waals surface area contributed by atoms with Gasteiger partial charge in [-0.2, -0.15) is 0 Å². The fraction of sp³-hybridized carbons (Fsp3) is 0.900. The Hall–Kier alpha value is -0.650. The van der Waals surface area contributed by atoms with Crippen molar-refractivity contribution in [3.05, 3.63) is 0 Å². The van der Waals surface area contributed by atoms with Gasteiger partial charge in [-0.05, 0) is 19.5 Å². The molecule has 0 spiro atoms. The van der Waals surface area contributed by atoms with Gasteiger partial charge in [0.15, 0.2) is 0 Å². The Morgan fingerprint density at radius 1 is 1.33 bits per heavy atom. The van der Waals surface area contributed by atoms with E-state index in [1.165, 1.54) is 0 Å². The Morgan fingerprint density at radius 2 is 2.07 bits per heavy atom. The van der Waals surface area contributed by atoms with Crippen molar-refractivity contribution in [2.45, 2.75) is 12.8 Å². The molecule has 0 aromatic heterocycles. The predicted octanol–water partition coefficient (Wildman–Crippen LogP) is -0.826. The number of carbonyl (C=O) groups excluding carboxylic acids is 1. The van der Waals surface area contributed by atoms with E-state index in [0.29, 0.717) is 13.0 Å². The topological polar surface area (TPSA) is 67.6 Å². The number of primary amides is 1. The molecule has 0 aromatic carbocycles. The number of nitrogens with zero attached hydrogens (tertiary/aromatic N) is 1. The molecule has 1 rings (SSSR count). The van der Waals surface area contributed by atoms with E-state index < -0.39 is 0 Å². The molecule has 5 nitrogen and oxygen atoms in total. The first kappa shape index (κ1) is 12.4. The van der Waals surface area contributed by atoms with Gasteiger partial charge in [-0.3, -0.25) is 9.69 Å². The zero-order valence-corrected chi connectivity index (χ0v) is 9.21. The van der Waals surface area contributed by atoms with Crippen LogP contribution in [0.4, 0.5) is 0 Å². The predicted molar refractivity (Wildman–Crippen MR) is 58.6 cm³/mol. The Bertz CT molecular complexity index is 182. The summed E-state index contributed by atoms with van der Waals surface area (Å²) in [5.41, 5.74) is 5.02. The maximum Gasteiger partial charge on any atom is 0.218 e. The lowest BCUT2D eigenvalue weighted by atomic mass is 10.3. The van der Waals surface area contributed by atoms with Crippen LogP contribution in [0.25, 0.3) is 0 Å². The fourth-order valence-electron chi connectivity index (χ4n) is 1.59. The first-order valence-electron chi connectivity index (χ1n) is 5.58. The number of ether oxygens (including phenoxy) is 1. The first-order valence-corrected chi connectivity index (χ1v) is 5.58. The minimum Gasteiger partial charge on any atom is -0.379 e. The van der Waals surface area contributed by atoms with Crippen molar-refractivity contribution in [1.29, 1.82) is 0 Å². The van der Waals surface area contributed by atoms with Crippen LogP contribution in [0.5, 0.6) is 0 Å². The van der Waals surface area contributed by atoms with Crippen molar-refractivity contribution in [2.24, 2.45) is 5.73 Å². The average molecular weight is 215 g/mol. The van der Waals surface area contributed by atoms with Crippen LogP contribution in [-0.4, -0.2) is 56.7 Å². The number of nitrogens with two attached hydrogens (primary N) is 1. The highest BCUT2D eigenvalue weighted by atomic mass is 16.5. The number of nitrogens with one attached hydrogen (secondary N) is 1. The quantitative estimate of drug-likeness (QED) is 0.544. The van der Waals surface area contributed by atoms with E-state index in [-0.39, 0.29) is 5.91 Å². The molecule has 88 valence electrons. The molecule has 0 saturated carbocycles. The molecule has 15 heavy (non-hydrogen) atoms. The summed E-state index contributed by atoms with van der Waals surface area (Å²) in [6, 6.07) is 0. The van der Waals surface area contributed by atoms with Crippen LogP contribution >= 0.6 is 0 Å². The van der Waals surface area contributed by atoms with E-state index in [1.807, 2.05) is 0 Å². The molecule has 1 aliphatic rings. The number of morpholine rings is 1. The van der Waals surface area contributed by atoms with Crippen molar-refractivity contribution in [3.8, 4) is 0 Å². The molecule has 1 aliphatic heterocycles. The third kappa shape index (κ3) is 6.43. The van der Waals surface area contributed by atoms with Gasteiger partial charge in [0.05, 0.1) is 13.2 Å². The highest BCUT2D eigenvalue weighted by Crippen LogP contribution is 1.97. The SMILES string of the molecule is NC(=O)CCNCCCN1CCOCC1. The van der Waals surface area contributed by atoms with Crippen LogP contribution in [0.1, 0.15) is 12.8 Å². The van der Waals surface area contributed by atoms with Gasteiger partial charge >= 0.3 is 0 Å². The van der Waals surface area contributed by atoms with Gasteiger partial charge in [0, 0.05) is 26.1 Å². The molecule has 1 saturated heterocycles. The van der Waals surface area contributed by atoms with Gasteiger partial charge in [0.25, 0.3) is 0 Å². The zero-order chi connectivity index (χ0) is 10.9. The summed E-state index contributed by atoms with van der Waals surface area (Å²) in [4.78, 5) is 12.8. The van der Waals surface area contributed by atoms with Crippen molar-refractivity contribution >= 4 is 5.91 Å². The standard InChI is InChI=1S/C10H21N3O2/c11-10(14)2-4-12-3-1-5-13-6-8-15-9-7-13/h12H,1-9H2,(H2,11,14). The second kappa shape index (κ2) is 7.62. The van der Waals surface area contributed by atoms with Crippen molar-refractivity contribution in [1.82, 2.24) is 10.2 Å². The van der Waals surface area contributed by atoms with Crippen LogP contribution in [0.3, 0.4) is 0 Å². The summed E-state index contributed by atoms with van der Waals surface area (Å²) in [7, 11) is 0. The van der Waals surface area contributed by atoms with Crippen LogP contribution in [0.15, 0.2) is 0 Å². The van der Waals surface area contributed by atoms with E-state index in [9.17, 15) is 4.79 Å². The smallest absolute Gasteiger partial charge is 0.218 e. The van der Waals surface area contributed by atoms with Gasteiger partial charge in [0.1, 0.15) is 0 Å². The van der Waals surface area contributed by atoms with E-state index in [1.54, 1.807) is 0 Å². The normalized spacial score (nSPS) is 17.9.